The fraction of sp³-hybridized carbons (Fsp3) is 0.500. The molecule has 1 aromatic carbocycles. The second-order valence-corrected chi connectivity index (χ2v) is 6.65. The summed E-state index contributed by atoms with van der Waals surface area (Å²) in [6.07, 6.45) is 4.07. The number of para-hydroxylation sites is 1. The van der Waals surface area contributed by atoms with E-state index < -0.39 is 0 Å². The van der Waals surface area contributed by atoms with Crippen LogP contribution in [-0.2, 0) is 17.8 Å². The van der Waals surface area contributed by atoms with E-state index in [4.69, 9.17) is 4.74 Å². The fourth-order valence-electron chi connectivity index (χ4n) is 3.53. The number of hydrogen-bond donors (Lipinski definition) is 0. The second kappa shape index (κ2) is 7.23. The number of hydrogen-bond acceptors (Lipinski definition) is 5. The van der Waals surface area contributed by atoms with Crippen LogP contribution >= 0.6 is 0 Å². The largest absolute Gasteiger partial charge is 0.492 e. The molecule has 0 aliphatic carbocycles. The SMILES string of the molecule is O=C(C1COc2ccccc2C1)N1CCN(CCn2cncn2)CC1. The van der Waals surface area contributed by atoms with Gasteiger partial charge < -0.3 is 9.64 Å². The first kappa shape index (κ1) is 16.1. The highest BCUT2D eigenvalue weighted by molar-refractivity contribution is 5.80. The number of benzene rings is 1. The monoisotopic (exact) mass is 341 g/mol. The third-order valence-electron chi connectivity index (χ3n) is 5.02. The summed E-state index contributed by atoms with van der Waals surface area (Å²) in [5.74, 6) is 1.09. The summed E-state index contributed by atoms with van der Waals surface area (Å²) in [6, 6.07) is 8.00. The molecule has 2 aliphatic heterocycles. The summed E-state index contributed by atoms with van der Waals surface area (Å²) in [4.78, 5) is 21.1. The van der Waals surface area contributed by atoms with Crippen LogP contribution in [0, 0.1) is 5.92 Å². The minimum atomic E-state index is -0.0587. The predicted octanol–water partition coefficient (Wildman–Crippen LogP) is 0.674. The van der Waals surface area contributed by atoms with Crippen molar-refractivity contribution in [3.8, 4) is 5.75 Å². The first-order valence-electron chi connectivity index (χ1n) is 8.84. The normalized spacial score (nSPS) is 20.8. The highest BCUT2D eigenvalue weighted by atomic mass is 16.5. The molecule has 4 rings (SSSR count). The molecule has 0 saturated carbocycles. The number of rotatable bonds is 4. The second-order valence-electron chi connectivity index (χ2n) is 6.65. The number of carbonyl (C=O) groups excluding carboxylic acids is 1. The van der Waals surface area contributed by atoms with Gasteiger partial charge in [-0.15, -0.1) is 0 Å². The van der Waals surface area contributed by atoms with Crippen molar-refractivity contribution >= 4 is 5.91 Å². The lowest BCUT2D eigenvalue weighted by Crippen LogP contribution is -2.52. The van der Waals surface area contributed by atoms with Gasteiger partial charge in [-0.1, -0.05) is 18.2 Å². The topological polar surface area (TPSA) is 63.5 Å². The highest BCUT2D eigenvalue weighted by Crippen LogP contribution is 2.27. The van der Waals surface area contributed by atoms with Gasteiger partial charge in [0.1, 0.15) is 25.0 Å². The number of amides is 1. The molecule has 2 aliphatic rings. The molecule has 0 N–H and O–H groups in total. The average molecular weight is 341 g/mol. The number of nitrogens with zero attached hydrogens (tertiary/aromatic N) is 5. The van der Waals surface area contributed by atoms with Crippen molar-refractivity contribution in [2.24, 2.45) is 5.92 Å². The highest BCUT2D eigenvalue weighted by Gasteiger charge is 2.31. The molecule has 132 valence electrons. The van der Waals surface area contributed by atoms with Crippen molar-refractivity contribution in [2.75, 3.05) is 39.3 Å². The Bertz CT molecular complexity index is 710. The van der Waals surface area contributed by atoms with Gasteiger partial charge in [-0.2, -0.15) is 5.10 Å². The van der Waals surface area contributed by atoms with Gasteiger partial charge in [-0.25, -0.2) is 4.98 Å². The molecule has 0 radical (unpaired) electrons. The van der Waals surface area contributed by atoms with E-state index in [0.29, 0.717) is 6.61 Å². The third-order valence-corrected chi connectivity index (χ3v) is 5.02. The zero-order valence-electron chi connectivity index (χ0n) is 14.3. The maximum absolute atomic E-state index is 12.8. The van der Waals surface area contributed by atoms with E-state index in [1.807, 2.05) is 27.8 Å². The minimum absolute atomic E-state index is 0.0587. The zero-order chi connectivity index (χ0) is 17.1. The van der Waals surface area contributed by atoms with Crippen molar-refractivity contribution < 1.29 is 9.53 Å². The lowest BCUT2D eigenvalue weighted by atomic mass is 9.95. The Balaban J connectivity index is 1.27. The Hall–Kier alpha value is -2.41. The molecule has 1 unspecified atom stereocenters. The van der Waals surface area contributed by atoms with E-state index in [0.717, 1.165) is 57.0 Å². The molecule has 25 heavy (non-hydrogen) atoms. The van der Waals surface area contributed by atoms with Gasteiger partial charge in [0.05, 0.1) is 12.5 Å². The molecular formula is C18H23N5O2. The standard InChI is InChI=1S/C18H23N5O2/c24-18(16-11-15-3-1-2-4-17(15)25-12-16)22-8-5-21(6-9-22)7-10-23-14-19-13-20-23/h1-4,13-14,16H,5-12H2. The van der Waals surface area contributed by atoms with Crippen LogP contribution in [0.3, 0.4) is 0 Å². The Labute approximate surface area is 147 Å². The summed E-state index contributed by atoms with van der Waals surface area (Å²) in [7, 11) is 0. The molecule has 1 fully saturated rings. The summed E-state index contributed by atoms with van der Waals surface area (Å²) < 4.78 is 7.62. The third kappa shape index (κ3) is 3.66. The fourth-order valence-corrected chi connectivity index (χ4v) is 3.53. The number of piperazine rings is 1. The number of aromatic nitrogens is 3. The van der Waals surface area contributed by atoms with E-state index >= 15 is 0 Å². The molecule has 1 atom stereocenters. The van der Waals surface area contributed by atoms with Crippen LogP contribution in [0.1, 0.15) is 5.56 Å². The van der Waals surface area contributed by atoms with Gasteiger partial charge in [0.2, 0.25) is 5.91 Å². The van der Waals surface area contributed by atoms with Crippen LogP contribution in [0.15, 0.2) is 36.9 Å². The molecule has 1 aromatic heterocycles. The van der Waals surface area contributed by atoms with Crippen LogP contribution in [0.5, 0.6) is 5.75 Å². The molecule has 1 amide bonds. The van der Waals surface area contributed by atoms with Gasteiger partial charge in [0, 0.05) is 32.7 Å². The molecule has 0 spiro atoms. The minimum Gasteiger partial charge on any atom is -0.492 e. The van der Waals surface area contributed by atoms with E-state index in [1.165, 1.54) is 0 Å². The molecular weight excluding hydrogens is 318 g/mol. The number of ether oxygens (including phenoxy) is 1. The van der Waals surface area contributed by atoms with Crippen LogP contribution in [0.25, 0.3) is 0 Å². The maximum Gasteiger partial charge on any atom is 0.229 e. The Morgan fingerprint density at radius 1 is 1.16 bits per heavy atom. The zero-order valence-corrected chi connectivity index (χ0v) is 14.3. The van der Waals surface area contributed by atoms with E-state index in [9.17, 15) is 4.79 Å². The summed E-state index contributed by atoms with van der Waals surface area (Å²) in [5.41, 5.74) is 1.14. The van der Waals surface area contributed by atoms with Gasteiger partial charge in [0.25, 0.3) is 0 Å². The van der Waals surface area contributed by atoms with Crippen molar-refractivity contribution in [1.29, 1.82) is 0 Å². The lowest BCUT2D eigenvalue weighted by molar-refractivity contribution is -0.138. The van der Waals surface area contributed by atoms with Gasteiger partial charge >= 0.3 is 0 Å². The Morgan fingerprint density at radius 2 is 2.00 bits per heavy atom. The van der Waals surface area contributed by atoms with Crippen molar-refractivity contribution in [2.45, 2.75) is 13.0 Å². The van der Waals surface area contributed by atoms with E-state index in [2.05, 4.69) is 21.0 Å². The molecule has 2 aromatic rings. The number of fused-ring (bicyclic) bond motifs is 1. The summed E-state index contributed by atoms with van der Waals surface area (Å²) in [5, 5.41) is 4.12. The molecule has 0 bridgehead atoms. The van der Waals surface area contributed by atoms with Crippen molar-refractivity contribution in [3.05, 3.63) is 42.5 Å². The smallest absolute Gasteiger partial charge is 0.229 e. The van der Waals surface area contributed by atoms with Gasteiger partial charge in [-0.3, -0.25) is 14.4 Å². The summed E-state index contributed by atoms with van der Waals surface area (Å²) >= 11 is 0. The Morgan fingerprint density at radius 3 is 2.80 bits per heavy atom. The average Bonchev–Trinajstić information content (AvgIpc) is 3.19. The summed E-state index contributed by atoms with van der Waals surface area (Å²) in [6.45, 7) is 5.65. The first-order chi connectivity index (χ1) is 12.3. The molecule has 7 nitrogen and oxygen atoms in total. The van der Waals surface area contributed by atoms with Crippen LogP contribution in [0.2, 0.25) is 0 Å². The lowest BCUT2D eigenvalue weighted by Gasteiger charge is -2.37. The predicted molar refractivity (Wildman–Crippen MR) is 92.2 cm³/mol. The number of carbonyl (C=O) groups is 1. The molecule has 1 saturated heterocycles. The first-order valence-corrected chi connectivity index (χ1v) is 8.84. The van der Waals surface area contributed by atoms with E-state index in [1.54, 1.807) is 12.7 Å². The van der Waals surface area contributed by atoms with E-state index in [-0.39, 0.29) is 11.8 Å². The van der Waals surface area contributed by atoms with Crippen LogP contribution < -0.4 is 4.74 Å². The maximum atomic E-state index is 12.8. The molecule has 3 heterocycles. The van der Waals surface area contributed by atoms with Crippen molar-refractivity contribution in [3.63, 3.8) is 0 Å². The van der Waals surface area contributed by atoms with Crippen LogP contribution in [0.4, 0.5) is 0 Å². The van der Waals surface area contributed by atoms with Gasteiger partial charge in [0.15, 0.2) is 0 Å². The van der Waals surface area contributed by atoms with Crippen molar-refractivity contribution in [1.82, 2.24) is 24.6 Å². The van der Waals surface area contributed by atoms with Gasteiger partial charge in [-0.05, 0) is 18.1 Å². The quantitative estimate of drug-likeness (QED) is 0.818. The Kier molecular flexibility index (Phi) is 4.65. The van der Waals surface area contributed by atoms with Crippen LogP contribution in [-0.4, -0.2) is 69.8 Å². The molecule has 7 heteroatoms.